The van der Waals surface area contributed by atoms with Crippen molar-refractivity contribution in [3.8, 4) is 0 Å². The third-order valence-electron chi connectivity index (χ3n) is 2.88. The molecule has 0 aliphatic rings. The van der Waals surface area contributed by atoms with Crippen molar-refractivity contribution in [3.63, 3.8) is 0 Å². The van der Waals surface area contributed by atoms with Crippen LogP contribution in [0.5, 0.6) is 0 Å². The summed E-state index contributed by atoms with van der Waals surface area (Å²) >= 11 is 0.423. The molecule has 23 heavy (non-hydrogen) atoms. The molecule has 0 unspecified atom stereocenters. The first-order valence-electron chi connectivity index (χ1n) is 6.42. The lowest BCUT2D eigenvalue weighted by Gasteiger charge is -2.07. The average molecular weight is 357 g/mol. The number of carbonyl (C=O) groups excluding carboxylic acids is 1. The Balaban J connectivity index is 2.07. The number of anilines is 1. The van der Waals surface area contributed by atoms with Crippen molar-refractivity contribution in [1.29, 1.82) is 0 Å². The molecule has 0 spiro atoms. The summed E-state index contributed by atoms with van der Waals surface area (Å²) in [4.78, 5) is 12.6. The predicted octanol–water partition coefficient (Wildman–Crippen LogP) is 3.66. The first-order chi connectivity index (χ1) is 10.8. The summed E-state index contributed by atoms with van der Waals surface area (Å²) in [6.45, 7) is 0. The first kappa shape index (κ1) is 17.4. The van der Waals surface area contributed by atoms with Crippen LogP contribution in [0.25, 0.3) is 0 Å². The molecule has 1 N–H and O–H groups in total. The normalized spacial score (nSPS) is 11.5. The Morgan fingerprint density at radius 2 is 1.61 bits per heavy atom. The third-order valence-corrected chi connectivity index (χ3v) is 4.73. The van der Waals surface area contributed by atoms with Gasteiger partial charge < -0.3 is 5.32 Å². The summed E-state index contributed by atoms with van der Waals surface area (Å²) in [5.74, 6) is -2.91. The van der Waals surface area contributed by atoms with E-state index in [4.69, 9.17) is 0 Å². The third kappa shape index (κ3) is 5.04. The van der Waals surface area contributed by atoms with Crippen molar-refractivity contribution in [3.05, 3.63) is 54.1 Å². The highest BCUT2D eigenvalue weighted by molar-refractivity contribution is 7.99. The minimum atomic E-state index is -3.31. The summed E-state index contributed by atoms with van der Waals surface area (Å²) in [6, 6.07) is 11.5. The van der Waals surface area contributed by atoms with Gasteiger partial charge >= 0.3 is 0 Å². The number of amides is 1. The SMILES string of the molecule is CS(=O)(=O)c1ccc(C(=O)Nc2ccc(SC(F)F)cc2)cc1. The topological polar surface area (TPSA) is 63.2 Å². The summed E-state index contributed by atoms with van der Waals surface area (Å²) < 4.78 is 47.2. The van der Waals surface area contributed by atoms with Gasteiger partial charge in [0.05, 0.1) is 4.90 Å². The van der Waals surface area contributed by atoms with Gasteiger partial charge in [0.25, 0.3) is 11.7 Å². The smallest absolute Gasteiger partial charge is 0.288 e. The Morgan fingerprint density at radius 1 is 1.04 bits per heavy atom. The summed E-state index contributed by atoms with van der Waals surface area (Å²) in [5.41, 5.74) is 0.754. The molecule has 0 bridgehead atoms. The van der Waals surface area contributed by atoms with Gasteiger partial charge in [0.15, 0.2) is 9.84 Å². The van der Waals surface area contributed by atoms with Crippen LogP contribution in [0.4, 0.5) is 14.5 Å². The number of hydrogen-bond donors (Lipinski definition) is 1. The van der Waals surface area contributed by atoms with Crippen molar-refractivity contribution in [1.82, 2.24) is 0 Å². The molecule has 0 radical (unpaired) electrons. The highest BCUT2D eigenvalue weighted by Crippen LogP contribution is 2.26. The molecule has 0 aliphatic heterocycles. The van der Waals surface area contributed by atoms with E-state index in [2.05, 4.69) is 5.32 Å². The van der Waals surface area contributed by atoms with E-state index in [9.17, 15) is 22.0 Å². The molecule has 2 aromatic carbocycles. The Labute approximate surface area is 136 Å². The number of hydrogen-bond acceptors (Lipinski definition) is 4. The number of alkyl halides is 2. The lowest BCUT2D eigenvalue weighted by molar-refractivity contribution is 0.102. The maximum absolute atomic E-state index is 12.2. The molecule has 122 valence electrons. The molecule has 0 saturated heterocycles. The highest BCUT2D eigenvalue weighted by atomic mass is 32.2. The Morgan fingerprint density at radius 3 is 2.09 bits per heavy atom. The van der Waals surface area contributed by atoms with Crippen LogP contribution in [0, 0.1) is 0 Å². The van der Waals surface area contributed by atoms with E-state index < -0.39 is 21.5 Å². The van der Waals surface area contributed by atoms with E-state index in [1.54, 1.807) is 0 Å². The quantitative estimate of drug-likeness (QED) is 0.830. The summed E-state index contributed by atoms with van der Waals surface area (Å²) in [6.07, 6.45) is 1.08. The van der Waals surface area contributed by atoms with Crippen LogP contribution in [0.3, 0.4) is 0 Å². The second-order valence-electron chi connectivity index (χ2n) is 4.65. The van der Waals surface area contributed by atoms with Crippen LogP contribution >= 0.6 is 11.8 Å². The van der Waals surface area contributed by atoms with E-state index in [1.165, 1.54) is 48.5 Å². The van der Waals surface area contributed by atoms with Gasteiger partial charge in [0.1, 0.15) is 0 Å². The molecule has 2 aromatic rings. The minimum absolute atomic E-state index is 0.127. The van der Waals surface area contributed by atoms with Crippen LogP contribution in [0.15, 0.2) is 58.3 Å². The maximum atomic E-state index is 12.2. The number of nitrogens with one attached hydrogen (secondary N) is 1. The molecular formula is C15H13F2NO3S2. The fourth-order valence-corrected chi connectivity index (χ4v) is 2.91. The van der Waals surface area contributed by atoms with Crippen LogP contribution in [-0.2, 0) is 9.84 Å². The summed E-state index contributed by atoms with van der Waals surface area (Å²) in [5, 5.41) is 2.61. The van der Waals surface area contributed by atoms with Gasteiger partial charge in [0.2, 0.25) is 0 Å². The zero-order valence-corrected chi connectivity index (χ0v) is 13.6. The Bertz CT molecular complexity index is 788. The number of benzene rings is 2. The van der Waals surface area contributed by atoms with E-state index >= 15 is 0 Å². The lowest BCUT2D eigenvalue weighted by Crippen LogP contribution is -2.12. The molecule has 0 aliphatic carbocycles. The molecular weight excluding hydrogens is 344 g/mol. The van der Waals surface area contributed by atoms with Gasteiger partial charge in [-0.15, -0.1) is 0 Å². The van der Waals surface area contributed by atoms with Crippen molar-refractivity contribution >= 4 is 33.2 Å². The monoisotopic (exact) mass is 357 g/mol. The number of carbonyl (C=O) groups is 1. The van der Waals surface area contributed by atoms with Crippen molar-refractivity contribution in [2.45, 2.75) is 15.5 Å². The fraction of sp³-hybridized carbons (Fsp3) is 0.133. The molecule has 1 amide bonds. The Hall–Kier alpha value is -1.93. The first-order valence-corrected chi connectivity index (χ1v) is 9.19. The van der Waals surface area contributed by atoms with E-state index in [0.717, 1.165) is 6.26 Å². The predicted molar refractivity (Wildman–Crippen MR) is 85.8 cm³/mol. The molecule has 2 rings (SSSR count). The van der Waals surface area contributed by atoms with E-state index in [0.29, 0.717) is 27.9 Å². The number of halogens is 2. The van der Waals surface area contributed by atoms with Gasteiger partial charge in [-0.2, -0.15) is 8.78 Å². The van der Waals surface area contributed by atoms with Gasteiger partial charge in [-0.1, -0.05) is 11.8 Å². The van der Waals surface area contributed by atoms with Gasteiger partial charge in [-0.05, 0) is 48.5 Å². The standard InChI is InChI=1S/C15H13F2NO3S2/c1-23(20,21)13-8-2-10(3-9-13)14(19)18-11-4-6-12(7-5-11)22-15(16)17/h2-9,15H,1H3,(H,18,19). The number of rotatable bonds is 5. The molecule has 0 aromatic heterocycles. The molecule has 4 nitrogen and oxygen atoms in total. The molecule has 0 atom stereocenters. The zero-order chi connectivity index (χ0) is 17.0. The van der Waals surface area contributed by atoms with Crippen molar-refractivity contribution in [2.75, 3.05) is 11.6 Å². The molecule has 0 heterocycles. The van der Waals surface area contributed by atoms with Gasteiger partial charge in [-0.25, -0.2) is 8.42 Å². The van der Waals surface area contributed by atoms with Crippen LogP contribution < -0.4 is 5.32 Å². The highest BCUT2D eigenvalue weighted by Gasteiger charge is 2.10. The maximum Gasteiger partial charge on any atom is 0.288 e. The number of sulfone groups is 1. The second kappa shape index (κ2) is 7.10. The Kier molecular flexibility index (Phi) is 5.38. The lowest BCUT2D eigenvalue weighted by atomic mass is 10.2. The zero-order valence-electron chi connectivity index (χ0n) is 12.0. The van der Waals surface area contributed by atoms with Crippen LogP contribution in [-0.4, -0.2) is 26.3 Å². The minimum Gasteiger partial charge on any atom is -0.322 e. The van der Waals surface area contributed by atoms with Crippen molar-refractivity contribution < 1.29 is 22.0 Å². The van der Waals surface area contributed by atoms with Crippen LogP contribution in [0.1, 0.15) is 10.4 Å². The largest absolute Gasteiger partial charge is 0.322 e. The van der Waals surface area contributed by atoms with Gasteiger partial charge in [0, 0.05) is 22.4 Å². The number of thioether (sulfide) groups is 1. The molecule has 8 heteroatoms. The van der Waals surface area contributed by atoms with Gasteiger partial charge in [-0.3, -0.25) is 4.79 Å². The van der Waals surface area contributed by atoms with E-state index in [1.807, 2.05) is 0 Å². The van der Waals surface area contributed by atoms with Crippen LogP contribution in [0.2, 0.25) is 0 Å². The van der Waals surface area contributed by atoms with E-state index in [-0.39, 0.29) is 4.90 Å². The fourth-order valence-electron chi connectivity index (χ4n) is 1.78. The second-order valence-corrected chi connectivity index (χ2v) is 7.73. The summed E-state index contributed by atoms with van der Waals surface area (Å²) in [7, 11) is -3.31. The average Bonchev–Trinajstić information content (AvgIpc) is 2.48. The molecule has 0 saturated carbocycles. The van der Waals surface area contributed by atoms with Crippen molar-refractivity contribution in [2.24, 2.45) is 0 Å². The molecule has 0 fully saturated rings.